The molecule has 1 aliphatic carbocycles. The van der Waals surface area contributed by atoms with Crippen molar-refractivity contribution in [1.29, 1.82) is 0 Å². The highest BCUT2D eigenvalue weighted by atomic mass is 16.2. The number of rotatable bonds is 5. The molecule has 3 aromatic carbocycles. The van der Waals surface area contributed by atoms with Crippen LogP contribution in [0.1, 0.15) is 76.3 Å². The number of carbonyl (C=O) groups excluding carboxylic acids is 2. The molecule has 4 nitrogen and oxygen atoms in total. The summed E-state index contributed by atoms with van der Waals surface area (Å²) in [5.41, 5.74) is 6.36. The van der Waals surface area contributed by atoms with Crippen LogP contribution in [0, 0.1) is 13.8 Å². The summed E-state index contributed by atoms with van der Waals surface area (Å²) in [4.78, 5) is 32.4. The van der Waals surface area contributed by atoms with E-state index in [0.717, 1.165) is 49.8 Å². The monoisotopic (exact) mass is 480 g/mol. The number of fused-ring (bicyclic) bond motifs is 1. The Balaban J connectivity index is 1.53. The maximum absolute atomic E-state index is 14.6. The van der Waals surface area contributed by atoms with Gasteiger partial charge in [0.15, 0.2) is 0 Å². The molecule has 1 heterocycles. The molecule has 186 valence electrons. The van der Waals surface area contributed by atoms with Crippen LogP contribution in [0.5, 0.6) is 0 Å². The number of hydrogen-bond donors (Lipinski definition) is 0. The molecule has 5 rings (SSSR count). The van der Waals surface area contributed by atoms with Gasteiger partial charge in [-0.25, -0.2) is 0 Å². The summed E-state index contributed by atoms with van der Waals surface area (Å²) in [5.74, 6) is -0.239. The summed E-state index contributed by atoms with van der Waals surface area (Å²) in [5, 5.41) is 0. The number of carbonyl (C=O) groups is 2. The smallest absolute Gasteiger partial charge is 0.260 e. The van der Waals surface area contributed by atoms with Crippen LogP contribution in [-0.2, 0) is 17.8 Å². The van der Waals surface area contributed by atoms with Crippen LogP contribution in [0.3, 0.4) is 0 Å². The molecule has 1 saturated carbocycles. The molecule has 2 aliphatic rings. The summed E-state index contributed by atoms with van der Waals surface area (Å²) in [6, 6.07) is 23.9. The van der Waals surface area contributed by atoms with Gasteiger partial charge in [0, 0.05) is 24.7 Å². The first-order chi connectivity index (χ1) is 17.5. The summed E-state index contributed by atoms with van der Waals surface area (Å²) >= 11 is 0. The Morgan fingerprint density at radius 1 is 0.833 bits per heavy atom. The fourth-order valence-corrected chi connectivity index (χ4v) is 5.76. The average molecular weight is 481 g/mol. The van der Waals surface area contributed by atoms with Crippen molar-refractivity contribution < 1.29 is 9.59 Å². The lowest BCUT2D eigenvalue weighted by molar-refractivity contribution is -0.137. The molecule has 1 unspecified atom stereocenters. The van der Waals surface area contributed by atoms with Gasteiger partial charge in [-0.1, -0.05) is 91.1 Å². The fourth-order valence-electron chi connectivity index (χ4n) is 5.76. The van der Waals surface area contributed by atoms with Crippen LogP contribution in [0.25, 0.3) is 0 Å². The highest BCUT2D eigenvalue weighted by Crippen LogP contribution is 2.35. The summed E-state index contributed by atoms with van der Waals surface area (Å²) in [6.45, 7) is 5.58. The van der Waals surface area contributed by atoms with E-state index in [1.54, 1.807) is 4.90 Å². The van der Waals surface area contributed by atoms with Gasteiger partial charge >= 0.3 is 0 Å². The maximum Gasteiger partial charge on any atom is 0.260 e. The zero-order valence-electron chi connectivity index (χ0n) is 21.5. The van der Waals surface area contributed by atoms with E-state index in [4.69, 9.17) is 0 Å². The second-order valence-electron chi connectivity index (χ2n) is 10.5. The van der Waals surface area contributed by atoms with Crippen molar-refractivity contribution in [3.8, 4) is 0 Å². The van der Waals surface area contributed by atoms with Crippen molar-refractivity contribution in [3.63, 3.8) is 0 Å². The average Bonchev–Trinajstić information content (AvgIpc) is 2.91. The molecule has 3 aromatic rings. The molecule has 1 atom stereocenters. The molecule has 0 saturated heterocycles. The first-order valence-corrected chi connectivity index (χ1v) is 13.3. The topological polar surface area (TPSA) is 40.6 Å². The predicted octanol–water partition coefficient (Wildman–Crippen LogP) is 6.40. The number of aryl methyl sites for hydroxylation is 2. The first-order valence-electron chi connectivity index (χ1n) is 13.3. The zero-order chi connectivity index (χ0) is 25.1. The van der Waals surface area contributed by atoms with E-state index in [1.807, 2.05) is 43.3 Å². The Kier molecular flexibility index (Phi) is 7.33. The van der Waals surface area contributed by atoms with Crippen LogP contribution >= 0.6 is 0 Å². The predicted molar refractivity (Wildman–Crippen MR) is 144 cm³/mol. The van der Waals surface area contributed by atoms with Crippen molar-refractivity contribution in [1.82, 2.24) is 9.80 Å². The quantitative estimate of drug-likeness (QED) is 0.397. The van der Waals surface area contributed by atoms with E-state index in [-0.39, 0.29) is 17.9 Å². The first kappa shape index (κ1) is 24.5. The Morgan fingerprint density at radius 2 is 1.47 bits per heavy atom. The largest absolute Gasteiger partial charge is 0.284 e. The maximum atomic E-state index is 14.6. The van der Waals surface area contributed by atoms with Crippen molar-refractivity contribution >= 4 is 11.8 Å². The van der Waals surface area contributed by atoms with Crippen LogP contribution in [0.15, 0.2) is 72.8 Å². The second kappa shape index (κ2) is 10.8. The number of nitrogens with zero attached hydrogens (tertiary/aromatic N) is 2. The molecule has 0 aromatic heterocycles. The van der Waals surface area contributed by atoms with Crippen LogP contribution in [0.4, 0.5) is 0 Å². The van der Waals surface area contributed by atoms with Crippen molar-refractivity contribution in [2.45, 2.75) is 71.0 Å². The minimum absolute atomic E-state index is 0.0460. The van der Waals surface area contributed by atoms with E-state index < -0.39 is 6.04 Å². The van der Waals surface area contributed by atoms with Gasteiger partial charge in [-0.15, -0.1) is 0 Å². The lowest BCUT2D eigenvalue weighted by atomic mass is 9.88. The van der Waals surface area contributed by atoms with E-state index >= 15 is 0 Å². The molecule has 4 heteroatoms. The van der Waals surface area contributed by atoms with Gasteiger partial charge in [0.1, 0.15) is 6.04 Å². The summed E-state index contributed by atoms with van der Waals surface area (Å²) < 4.78 is 0. The Labute approximate surface area is 214 Å². The zero-order valence-corrected chi connectivity index (χ0v) is 21.5. The highest BCUT2D eigenvalue weighted by molar-refractivity contribution is 6.06. The third kappa shape index (κ3) is 5.15. The molecular weight excluding hydrogens is 444 g/mol. The van der Waals surface area contributed by atoms with E-state index in [2.05, 4.69) is 48.2 Å². The molecule has 0 radical (unpaired) electrons. The van der Waals surface area contributed by atoms with Gasteiger partial charge in [-0.3, -0.25) is 19.4 Å². The SMILES string of the molecule is Cc1ccc(CN2CCc3ccccc3C2C(=O)N(C(=O)c2ccc(C)cc2)C2CCCCC2)cc1. The number of imide groups is 1. The number of hydrogen-bond acceptors (Lipinski definition) is 3. The molecule has 0 spiro atoms. The fraction of sp³-hybridized carbons (Fsp3) is 0.375. The lowest BCUT2D eigenvalue weighted by Crippen LogP contribution is -2.52. The van der Waals surface area contributed by atoms with Gasteiger partial charge in [0.05, 0.1) is 0 Å². The third-order valence-electron chi connectivity index (χ3n) is 7.82. The highest BCUT2D eigenvalue weighted by Gasteiger charge is 2.41. The normalized spacial score (nSPS) is 18.4. The van der Waals surface area contributed by atoms with Crippen molar-refractivity contribution in [3.05, 3.63) is 106 Å². The molecule has 36 heavy (non-hydrogen) atoms. The number of benzene rings is 3. The van der Waals surface area contributed by atoms with E-state index in [1.165, 1.54) is 23.1 Å². The van der Waals surface area contributed by atoms with E-state index in [9.17, 15) is 9.59 Å². The molecular formula is C32H36N2O2. The van der Waals surface area contributed by atoms with Gasteiger partial charge < -0.3 is 0 Å². The molecule has 0 N–H and O–H groups in total. The van der Waals surface area contributed by atoms with Crippen LogP contribution in [-0.4, -0.2) is 34.2 Å². The molecule has 2 amide bonds. The van der Waals surface area contributed by atoms with Gasteiger partial charge in [-0.2, -0.15) is 0 Å². The molecule has 1 aliphatic heterocycles. The van der Waals surface area contributed by atoms with Gasteiger partial charge in [0.2, 0.25) is 0 Å². The van der Waals surface area contributed by atoms with Crippen LogP contribution < -0.4 is 0 Å². The summed E-state index contributed by atoms with van der Waals surface area (Å²) in [6.07, 6.45) is 5.96. The summed E-state index contributed by atoms with van der Waals surface area (Å²) in [7, 11) is 0. The second-order valence-corrected chi connectivity index (χ2v) is 10.5. The Morgan fingerprint density at radius 3 is 2.17 bits per heavy atom. The Bertz CT molecular complexity index is 1210. The van der Waals surface area contributed by atoms with Gasteiger partial charge in [0.25, 0.3) is 11.8 Å². The Hall–Kier alpha value is -3.24. The van der Waals surface area contributed by atoms with Crippen molar-refractivity contribution in [2.24, 2.45) is 0 Å². The van der Waals surface area contributed by atoms with Crippen molar-refractivity contribution in [2.75, 3.05) is 6.54 Å². The lowest BCUT2D eigenvalue weighted by Gasteiger charge is -2.41. The van der Waals surface area contributed by atoms with E-state index in [0.29, 0.717) is 12.1 Å². The van der Waals surface area contributed by atoms with Gasteiger partial charge in [-0.05, 0) is 61.9 Å². The molecule has 1 fully saturated rings. The minimum Gasteiger partial charge on any atom is -0.284 e. The molecule has 0 bridgehead atoms. The third-order valence-corrected chi connectivity index (χ3v) is 7.82. The number of amides is 2. The van der Waals surface area contributed by atoms with Crippen LogP contribution in [0.2, 0.25) is 0 Å². The standard InChI is InChI=1S/C32H36N2O2/c1-23-12-16-25(17-13-23)22-33-21-20-26-8-6-7-11-29(26)30(33)32(36)34(28-9-4-3-5-10-28)31(35)27-18-14-24(2)15-19-27/h6-8,11-19,28,30H,3-5,9-10,20-22H2,1-2H3. The minimum atomic E-state index is -0.465.